The lowest BCUT2D eigenvalue weighted by atomic mass is 10.0. The van der Waals surface area contributed by atoms with Crippen LogP contribution in [0.25, 0.3) is 0 Å². The highest BCUT2D eigenvalue weighted by Gasteiger charge is 2.11. The van der Waals surface area contributed by atoms with Crippen LogP contribution in [-0.4, -0.2) is 18.5 Å². The van der Waals surface area contributed by atoms with E-state index in [1.54, 1.807) is 12.1 Å². The molecule has 0 N–H and O–H groups in total. The van der Waals surface area contributed by atoms with Gasteiger partial charge in [-0.05, 0) is 36.5 Å². The standard InChI is InChI=1S/C20H29ClO4/c1-3-5-7-16(4-2)14-24-19(22)8-6-9-20(23)25-15-17-10-12-18(21)13-11-17/h10-13,16H,3-9,14-15H2,1-2H3. The summed E-state index contributed by atoms with van der Waals surface area (Å²) in [5.74, 6) is -0.106. The van der Waals surface area contributed by atoms with Gasteiger partial charge >= 0.3 is 11.9 Å². The Kier molecular flexibility index (Phi) is 11.0. The van der Waals surface area contributed by atoms with Crippen molar-refractivity contribution >= 4 is 23.5 Å². The fourth-order valence-electron chi connectivity index (χ4n) is 2.37. The Morgan fingerprint density at radius 2 is 1.64 bits per heavy atom. The lowest BCUT2D eigenvalue weighted by Crippen LogP contribution is -2.14. The summed E-state index contributed by atoms with van der Waals surface area (Å²) in [4.78, 5) is 23.4. The van der Waals surface area contributed by atoms with Crippen LogP contribution in [0.1, 0.15) is 64.4 Å². The van der Waals surface area contributed by atoms with Gasteiger partial charge in [0.1, 0.15) is 6.61 Å². The number of carbonyl (C=O) groups is 2. The highest BCUT2D eigenvalue weighted by atomic mass is 35.5. The van der Waals surface area contributed by atoms with Gasteiger partial charge in [-0.25, -0.2) is 0 Å². The van der Waals surface area contributed by atoms with Crippen LogP contribution in [0.3, 0.4) is 0 Å². The molecule has 0 fully saturated rings. The largest absolute Gasteiger partial charge is 0.465 e. The molecule has 0 heterocycles. The third-order valence-electron chi connectivity index (χ3n) is 4.10. The van der Waals surface area contributed by atoms with Gasteiger partial charge in [-0.1, -0.05) is 56.8 Å². The SMILES string of the molecule is CCCCC(CC)COC(=O)CCCC(=O)OCc1ccc(Cl)cc1. The molecule has 0 amide bonds. The zero-order chi connectivity index (χ0) is 18.5. The molecular weight excluding hydrogens is 340 g/mol. The summed E-state index contributed by atoms with van der Waals surface area (Å²) in [5, 5.41) is 0.647. The van der Waals surface area contributed by atoms with Gasteiger partial charge in [-0.15, -0.1) is 0 Å². The topological polar surface area (TPSA) is 52.6 Å². The molecule has 1 unspecified atom stereocenters. The number of hydrogen-bond acceptors (Lipinski definition) is 4. The molecule has 1 aromatic rings. The number of benzene rings is 1. The predicted octanol–water partition coefficient (Wildman–Crippen LogP) is 5.31. The number of unbranched alkanes of at least 4 members (excludes halogenated alkanes) is 1. The van der Waals surface area contributed by atoms with E-state index < -0.39 is 0 Å². The Morgan fingerprint density at radius 3 is 2.24 bits per heavy atom. The summed E-state index contributed by atoms with van der Waals surface area (Å²) in [6, 6.07) is 7.14. The Bertz CT molecular complexity index is 513. The first-order valence-corrected chi connectivity index (χ1v) is 9.48. The molecule has 0 aromatic heterocycles. The van der Waals surface area contributed by atoms with Gasteiger partial charge in [-0.3, -0.25) is 9.59 Å². The molecule has 1 aromatic carbocycles. The van der Waals surface area contributed by atoms with Crippen molar-refractivity contribution in [1.82, 2.24) is 0 Å². The van der Waals surface area contributed by atoms with Crippen LogP contribution in [0.15, 0.2) is 24.3 Å². The average Bonchev–Trinajstić information content (AvgIpc) is 2.61. The molecule has 140 valence electrons. The quantitative estimate of drug-likeness (QED) is 0.469. The van der Waals surface area contributed by atoms with Crippen LogP contribution >= 0.6 is 11.6 Å². The molecule has 0 aliphatic heterocycles. The number of ether oxygens (including phenoxy) is 2. The Balaban J connectivity index is 2.13. The minimum atomic E-state index is -0.308. The molecule has 0 radical (unpaired) electrons. The molecule has 0 aliphatic rings. The van der Waals surface area contributed by atoms with Gasteiger partial charge in [0.05, 0.1) is 6.61 Å². The van der Waals surface area contributed by atoms with Crippen molar-refractivity contribution in [3.63, 3.8) is 0 Å². The van der Waals surface area contributed by atoms with E-state index in [0.29, 0.717) is 24.0 Å². The first kappa shape index (κ1) is 21.5. The van der Waals surface area contributed by atoms with Crippen molar-refractivity contribution in [1.29, 1.82) is 0 Å². The molecule has 0 saturated heterocycles. The first-order chi connectivity index (χ1) is 12.0. The lowest BCUT2D eigenvalue weighted by molar-refractivity contribution is -0.146. The minimum Gasteiger partial charge on any atom is -0.465 e. The van der Waals surface area contributed by atoms with E-state index in [1.165, 1.54) is 0 Å². The van der Waals surface area contributed by atoms with Crippen molar-refractivity contribution in [2.24, 2.45) is 5.92 Å². The van der Waals surface area contributed by atoms with Crippen LogP contribution in [0, 0.1) is 5.92 Å². The Hall–Kier alpha value is -1.55. The molecule has 1 atom stereocenters. The molecule has 4 nitrogen and oxygen atoms in total. The van der Waals surface area contributed by atoms with Gasteiger partial charge < -0.3 is 9.47 Å². The van der Waals surface area contributed by atoms with Crippen LogP contribution < -0.4 is 0 Å². The van der Waals surface area contributed by atoms with Crippen molar-refractivity contribution in [3.8, 4) is 0 Å². The van der Waals surface area contributed by atoms with Gasteiger partial charge in [0.15, 0.2) is 0 Å². The highest BCUT2D eigenvalue weighted by molar-refractivity contribution is 6.30. The van der Waals surface area contributed by atoms with E-state index in [4.69, 9.17) is 21.1 Å². The molecular formula is C20H29ClO4. The summed E-state index contributed by atoms with van der Waals surface area (Å²) in [6.45, 7) is 4.97. The minimum absolute atomic E-state index is 0.218. The summed E-state index contributed by atoms with van der Waals surface area (Å²) in [7, 11) is 0. The summed E-state index contributed by atoms with van der Waals surface area (Å²) in [6.07, 6.45) is 5.35. The third-order valence-corrected chi connectivity index (χ3v) is 4.35. The fourth-order valence-corrected chi connectivity index (χ4v) is 2.50. The highest BCUT2D eigenvalue weighted by Crippen LogP contribution is 2.14. The average molecular weight is 369 g/mol. The number of esters is 2. The second-order valence-corrected chi connectivity index (χ2v) is 6.68. The smallest absolute Gasteiger partial charge is 0.306 e. The molecule has 5 heteroatoms. The van der Waals surface area contributed by atoms with E-state index in [2.05, 4.69) is 13.8 Å². The molecule has 25 heavy (non-hydrogen) atoms. The van der Waals surface area contributed by atoms with Gasteiger partial charge in [-0.2, -0.15) is 0 Å². The normalized spacial score (nSPS) is 11.8. The third kappa shape index (κ3) is 10.1. The van der Waals surface area contributed by atoms with Crippen LogP contribution in [-0.2, 0) is 25.7 Å². The second kappa shape index (κ2) is 12.8. The molecule has 0 spiro atoms. The van der Waals surface area contributed by atoms with Crippen LogP contribution in [0.4, 0.5) is 0 Å². The maximum atomic E-state index is 11.7. The van der Waals surface area contributed by atoms with E-state index in [-0.39, 0.29) is 31.4 Å². The molecule has 1 rings (SSSR count). The Labute approximate surface area is 155 Å². The first-order valence-electron chi connectivity index (χ1n) is 9.10. The van der Waals surface area contributed by atoms with Crippen molar-refractivity contribution in [2.45, 2.75) is 65.4 Å². The number of hydrogen-bond donors (Lipinski definition) is 0. The van der Waals surface area contributed by atoms with Crippen molar-refractivity contribution < 1.29 is 19.1 Å². The van der Waals surface area contributed by atoms with E-state index in [9.17, 15) is 9.59 Å². The monoisotopic (exact) mass is 368 g/mol. The zero-order valence-electron chi connectivity index (χ0n) is 15.3. The number of halogens is 1. The molecule has 0 aliphatic carbocycles. The fraction of sp³-hybridized carbons (Fsp3) is 0.600. The van der Waals surface area contributed by atoms with Crippen LogP contribution in [0.5, 0.6) is 0 Å². The summed E-state index contributed by atoms with van der Waals surface area (Å²) >= 11 is 5.80. The van der Waals surface area contributed by atoms with Gasteiger partial charge in [0, 0.05) is 17.9 Å². The van der Waals surface area contributed by atoms with Crippen molar-refractivity contribution in [2.75, 3.05) is 6.61 Å². The second-order valence-electron chi connectivity index (χ2n) is 6.24. The maximum Gasteiger partial charge on any atom is 0.306 e. The summed E-state index contributed by atoms with van der Waals surface area (Å²) < 4.78 is 10.5. The van der Waals surface area contributed by atoms with E-state index in [1.807, 2.05) is 12.1 Å². The number of rotatable bonds is 12. The number of carbonyl (C=O) groups excluding carboxylic acids is 2. The van der Waals surface area contributed by atoms with E-state index in [0.717, 1.165) is 31.2 Å². The predicted molar refractivity (Wildman–Crippen MR) is 99.4 cm³/mol. The van der Waals surface area contributed by atoms with Gasteiger partial charge in [0.25, 0.3) is 0 Å². The molecule has 0 bridgehead atoms. The van der Waals surface area contributed by atoms with Crippen LogP contribution in [0.2, 0.25) is 5.02 Å². The van der Waals surface area contributed by atoms with Gasteiger partial charge in [0.2, 0.25) is 0 Å². The Morgan fingerprint density at radius 1 is 1.00 bits per heavy atom. The zero-order valence-corrected chi connectivity index (χ0v) is 16.0. The van der Waals surface area contributed by atoms with Crippen molar-refractivity contribution in [3.05, 3.63) is 34.9 Å². The molecule has 0 saturated carbocycles. The summed E-state index contributed by atoms with van der Waals surface area (Å²) in [5.41, 5.74) is 0.884. The lowest BCUT2D eigenvalue weighted by Gasteiger charge is -2.14. The van der Waals surface area contributed by atoms with E-state index >= 15 is 0 Å². The maximum absolute atomic E-state index is 11.7.